The van der Waals surface area contributed by atoms with Crippen LogP contribution in [0.4, 0.5) is 11.8 Å². The molecule has 2 N–H and O–H groups in total. The average Bonchev–Trinajstić information content (AvgIpc) is 2.86. The van der Waals surface area contributed by atoms with Gasteiger partial charge in [0.15, 0.2) is 5.78 Å². The first-order valence-corrected chi connectivity index (χ1v) is 9.31. The lowest BCUT2D eigenvalue weighted by Crippen LogP contribution is -2.32. The SMILES string of the molecule is Cc1cc(N2CCCOC[C@@H]2c2cc3c(cc2Cl)OCC(=O)C3)nc(N)n1. The third-order valence-electron chi connectivity index (χ3n) is 4.81. The molecule has 0 bridgehead atoms. The zero-order chi connectivity index (χ0) is 19.0. The molecule has 1 atom stereocenters. The summed E-state index contributed by atoms with van der Waals surface area (Å²) in [7, 11) is 0. The van der Waals surface area contributed by atoms with Gasteiger partial charge in [-0.3, -0.25) is 4.79 Å². The van der Waals surface area contributed by atoms with Gasteiger partial charge in [-0.2, -0.15) is 4.98 Å². The first-order chi connectivity index (χ1) is 13.0. The Labute approximate surface area is 162 Å². The Kier molecular flexibility index (Phi) is 4.88. The highest BCUT2D eigenvalue weighted by molar-refractivity contribution is 6.31. The minimum Gasteiger partial charge on any atom is -0.485 e. The standard InChI is InChI=1S/C19H21ClN4O3/c1-11-5-18(23-19(21)22-11)24-3-2-4-26-10-16(24)14-7-12-6-13(25)9-27-17(12)8-15(14)20/h5,7-8,16H,2-4,6,9-10H2,1H3,(H2,21,22,23)/t16-/m1/s1. The van der Waals surface area contributed by atoms with Crippen LogP contribution >= 0.6 is 11.6 Å². The Balaban J connectivity index is 1.77. The molecule has 27 heavy (non-hydrogen) atoms. The molecule has 3 heterocycles. The molecule has 1 saturated heterocycles. The molecule has 0 radical (unpaired) electrons. The lowest BCUT2D eigenvalue weighted by Gasteiger charge is -2.32. The van der Waals surface area contributed by atoms with Crippen molar-refractivity contribution in [1.82, 2.24) is 9.97 Å². The molecule has 0 amide bonds. The van der Waals surface area contributed by atoms with Gasteiger partial charge in [0.1, 0.15) is 18.2 Å². The maximum Gasteiger partial charge on any atom is 0.222 e. The minimum atomic E-state index is -0.143. The van der Waals surface area contributed by atoms with Crippen molar-refractivity contribution >= 4 is 29.2 Å². The Morgan fingerprint density at radius 3 is 2.96 bits per heavy atom. The second-order valence-corrected chi connectivity index (χ2v) is 7.26. The van der Waals surface area contributed by atoms with Crippen molar-refractivity contribution < 1.29 is 14.3 Å². The topological polar surface area (TPSA) is 90.6 Å². The van der Waals surface area contributed by atoms with Crippen LogP contribution in [0.15, 0.2) is 18.2 Å². The van der Waals surface area contributed by atoms with E-state index in [1.54, 1.807) is 6.07 Å². The molecule has 4 rings (SSSR count). The van der Waals surface area contributed by atoms with Gasteiger partial charge in [0, 0.05) is 41.9 Å². The number of nitrogen functional groups attached to an aromatic ring is 1. The molecular formula is C19H21ClN4O3. The number of benzene rings is 1. The molecule has 0 spiro atoms. The van der Waals surface area contributed by atoms with Crippen molar-refractivity contribution in [3.05, 3.63) is 40.0 Å². The Hall–Kier alpha value is -2.38. The number of halogens is 1. The lowest BCUT2D eigenvalue weighted by atomic mass is 9.98. The average molecular weight is 389 g/mol. The highest BCUT2D eigenvalue weighted by Crippen LogP contribution is 2.37. The molecule has 0 aliphatic carbocycles. The molecule has 1 aromatic heterocycles. The summed E-state index contributed by atoms with van der Waals surface area (Å²) in [5.74, 6) is 1.72. The molecule has 7 nitrogen and oxygen atoms in total. The number of ketones is 1. The Bertz CT molecular complexity index is 869. The van der Waals surface area contributed by atoms with Crippen LogP contribution in [0.25, 0.3) is 0 Å². The first-order valence-electron chi connectivity index (χ1n) is 8.93. The van der Waals surface area contributed by atoms with Gasteiger partial charge in [-0.15, -0.1) is 0 Å². The van der Waals surface area contributed by atoms with Crippen LogP contribution in [0.1, 0.15) is 29.3 Å². The molecule has 2 aromatic rings. The highest BCUT2D eigenvalue weighted by Gasteiger charge is 2.29. The number of nitrogens with zero attached hydrogens (tertiary/aromatic N) is 3. The third kappa shape index (κ3) is 3.70. The van der Waals surface area contributed by atoms with Crippen LogP contribution in [0, 0.1) is 6.92 Å². The molecule has 142 valence electrons. The summed E-state index contributed by atoms with van der Waals surface area (Å²) >= 11 is 6.59. The maximum absolute atomic E-state index is 11.8. The monoisotopic (exact) mass is 388 g/mol. The predicted octanol–water partition coefficient (Wildman–Crippen LogP) is 2.49. The number of aryl methyl sites for hydroxylation is 1. The number of fused-ring (bicyclic) bond motifs is 1. The van der Waals surface area contributed by atoms with Gasteiger partial charge in [-0.05, 0) is 31.0 Å². The van der Waals surface area contributed by atoms with Crippen LogP contribution in [0.5, 0.6) is 5.75 Å². The smallest absolute Gasteiger partial charge is 0.222 e. The zero-order valence-corrected chi connectivity index (χ0v) is 15.8. The number of nitrogens with two attached hydrogens (primary N) is 1. The summed E-state index contributed by atoms with van der Waals surface area (Å²) in [6, 6.07) is 5.52. The Morgan fingerprint density at radius 2 is 2.15 bits per heavy atom. The number of hydrogen-bond donors (Lipinski definition) is 1. The summed E-state index contributed by atoms with van der Waals surface area (Å²) in [5, 5.41) is 0.586. The molecule has 2 aliphatic heterocycles. The fraction of sp³-hybridized carbons (Fsp3) is 0.421. The minimum absolute atomic E-state index is 0.0592. The van der Waals surface area contributed by atoms with Crippen molar-refractivity contribution in [1.29, 1.82) is 0 Å². The molecule has 8 heteroatoms. The van der Waals surface area contributed by atoms with Gasteiger partial charge in [-0.1, -0.05) is 11.6 Å². The van der Waals surface area contributed by atoms with E-state index in [1.807, 2.05) is 19.1 Å². The number of carbonyl (C=O) groups is 1. The summed E-state index contributed by atoms with van der Waals surface area (Å²) < 4.78 is 11.3. The van der Waals surface area contributed by atoms with Crippen LogP contribution in [-0.4, -0.2) is 42.1 Å². The van der Waals surface area contributed by atoms with Gasteiger partial charge in [0.25, 0.3) is 0 Å². The molecule has 0 saturated carbocycles. The summed E-state index contributed by atoms with van der Waals surface area (Å²) in [6.07, 6.45) is 1.22. The summed E-state index contributed by atoms with van der Waals surface area (Å²) in [6.45, 7) is 3.87. The number of rotatable bonds is 2. The number of anilines is 2. The van der Waals surface area contributed by atoms with Crippen molar-refractivity contribution in [2.24, 2.45) is 0 Å². The Morgan fingerprint density at radius 1 is 1.30 bits per heavy atom. The lowest BCUT2D eigenvalue weighted by molar-refractivity contribution is -0.121. The van der Waals surface area contributed by atoms with E-state index in [1.165, 1.54) is 0 Å². The predicted molar refractivity (Wildman–Crippen MR) is 102 cm³/mol. The van der Waals surface area contributed by atoms with Gasteiger partial charge in [0.2, 0.25) is 5.95 Å². The van der Waals surface area contributed by atoms with E-state index in [4.69, 9.17) is 26.8 Å². The van der Waals surface area contributed by atoms with Crippen molar-refractivity contribution in [2.45, 2.75) is 25.8 Å². The van der Waals surface area contributed by atoms with Crippen molar-refractivity contribution in [3.63, 3.8) is 0 Å². The molecule has 2 aliphatic rings. The summed E-state index contributed by atoms with van der Waals surface area (Å²) in [5.41, 5.74) is 8.42. The van der Waals surface area contributed by atoms with E-state index in [9.17, 15) is 4.79 Å². The number of aromatic nitrogens is 2. The number of carbonyl (C=O) groups excluding carboxylic acids is 1. The van der Waals surface area contributed by atoms with E-state index < -0.39 is 0 Å². The molecule has 0 unspecified atom stereocenters. The zero-order valence-electron chi connectivity index (χ0n) is 15.1. The van der Waals surface area contributed by atoms with Gasteiger partial charge >= 0.3 is 0 Å². The van der Waals surface area contributed by atoms with Crippen molar-refractivity contribution in [2.75, 3.05) is 37.0 Å². The highest BCUT2D eigenvalue weighted by atomic mass is 35.5. The quantitative estimate of drug-likeness (QED) is 0.845. The fourth-order valence-electron chi connectivity index (χ4n) is 3.60. The molecule has 1 fully saturated rings. The molecular weight excluding hydrogens is 368 g/mol. The number of ether oxygens (including phenoxy) is 2. The normalized spacial score (nSPS) is 20.0. The second-order valence-electron chi connectivity index (χ2n) is 6.85. The third-order valence-corrected chi connectivity index (χ3v) is 5.13. The van der Waals surface area contributed by atoms with Gasteiger partial charge in [0.05, 0.1) is 12.6 Å². The van der Waals surface area contributed by atoms with Crippen LogP contribution < -0.4 is 15.4 Å². The maximum atomic E-state index is 11.8. The van der Waals surface area contributed by atoms with E-state index in [0.717, 1.165) is 35.6 Å². The van der Waals surface area contributed by atoms with Crippen molar-refractivity contribution in [3.8, 4) is 5.75 Å². The second kappa shape index (κ2) is 7.32. The van der Waals surface area contributed by atoms with E-state index in [0.29, 0.717) is 30.4 Å². The van der Waals surface area contributed by atoms with Gasteiger partial charge in [-0.25, -0.2) is 4.98 Å². The van der Waals surface area contributed by atoms with Crippen LogP contribution in [-0.2, 0) is 16.0 Å². The molecule has 1 aromatic carbocycles. The number of Topliss-reactive ketones (excluding diaryl/α,β-unsaturated/α-hetero) is 1. The summed E-state index contributed by atoms with van der Waals surface area (Å²) in [4.78, 5) is 22.5. The van der Waals surface area contributed by atoms with Gasteiger partial charge < -0.3 is 20.1 Å². The van der Waals surface area contributed by atoms with E-state index >= 15 is 0 Å². The van der Waals surface area contributed by atoms with Crippen LogP contribution in [0.3, 0.4) is 0 Å². The van der Waals surface area contributed by atoms with Crippen LogP contribution in [0.2, 0.25) is 5.02 Å². The fourth-order valence-corrected chi connectivity index (χ4v) is 3.88. The first kappa shape index (κ1) is 18.0. The van der Waals surface area contributed by atoms with E-state index in [-0.39, 0.29) is 24.4 Å². The van der Waals surface area contributed by atoms with E-state index in [2.05, 4.69) is 14.9 Å². The largest absolute Gasteiger partial charge is 0.485 e. The number of hydrogen-bond acceptors (Lipinski definition) is 7.